The first-order chi connectivity index (χ1) is 9.35. The van der Waals surface area contributed by atoms with Crippen LogP contribution in [0.5, 0.6) is 0 Å². The quantitative estimate of drug-likeness (QED) is 0.734. The molecule has 0 fully saturated rings. The minimum absolute atomic E-state index is 0.0608. The van der Waals surface area contributed by atoms with Crippen LogP contribution in [0.1, 0.15) is 49.0 Å². The van der Waals surface area contributed by atoms with E-state index in [1.165, 1.54) is 0 Å². The number of carboxylic acid groups (broad SMARTS) is 1. The van der Waals surface area contributed by atoms with E-state index in [9.17, 15) is 9.59 Å². The second kappa shape index (κ2) is 7.06. The van der Waals surface area contributed by atoms with Crippen LogP contribution in [0.3, 0.4) is 0 Å². The predicted octanol–water partition coefficient (Wildman–Crippen LogP) is 3.36. The number of rotatable bonds is 6. The van der Waals surface area contributed by atoms with E-state index in [-0.39, 0.29) is 12.3 Å². The van der Waals surface area contributed by atoms with E-state index in [0.29, 0.717) is 18.4 Å². The van der Waals surface area contributed by atoms with E-state index < -0.39 is 11.5 Å². The highest BCUT2D eigenvalue weighted by molar-refractivity contribution is 14.1. The van der Waals surface area contributed by atoms with Crippen molar-refractivity contribution in [2.24, 2.45) is 0 Å². The van der Waals surface area contributed by atoms with Gasteiger partial charge in [-0.1, -0.05) is 19.9 Å². The van der Waals surface area contributed by atoms with Crippen LogP contribution in [0.4, 0.5) is 0 Å². The molecular formula is C15H20INO3. The fourth-order valence-corrected chi connectivity index (χ4v) is 2.67. The first kappa shape index (κ1) is 16.9. The molecule has 0 unspecified atom stereocenters. The normalized spacial score (nSPS) is 11.2. The summed E-state index contributed by atoms with van der Waals surface area (Å²) in [5.41, 5.74) is 0.840. The first-order valence-corrected chi connectivity index (χ1v) is 7.72. The van der Waals surface area contributed by atoms with Crippen LogP contribution in [0, 0.1) is 10.5 Å². The number of benzene rings is 1. The van der Waals surface area contributed by atoms with Gasteiger partial charge >= 0.3 is 5.97 Å². The Bertz CT molecular complexity index is 510. The van der Waals surface area contributed by atoms with Crippen molar-refractivity contribution in [3.63, 3.8) is 0 Å². The Morgan fingerprint density at radius 1 is 1.30 bits per heavy atom. The van der Waals surface area contributed by atoms with Crippen molar-refractivity contribution < 1.29 is 14.7 Å². The summed E-state index contributed by atoms with van der Waals surface area (Å²) in [5, 5.41) is 12.0. The Hall–Kier alpha value is -1.11. The van der Waals surface area contributed by atoms with Crippen molar-refractivity contribution in [3.8, 4) is 0 Å². The molecule has 0 aliphatic heterocycles. The van der Waals surface area contributed by atoms with Gasteiger partial charge in [-0.05, 0) is 60.1 Å². The van der Waals surface area contributed by atoms with Gasteiger partial charge in [0.15, 0.2) is 0 Å². The summed E-state index contributed by atoms with van der Waals surface area (Å²) in [4.78, 5) is 23.4. The topological polar surface area (TPSA) is 66.4 Å². The van der Waals surface area contributed by atoms with Crippen LogP contribution in [0.15, 0.2) is 18.2 Å². The molecule has 0 aliphatic carbocycles. The minimum Gasteiger partial charge on any atom is -0.481 e. The van der Waals surface area contributed by atoms with Crippen LogP contribution in [0.2, 0.25) is 0 Å². The van der Waals surface area contributed by atoms with Gasteiger partial charge in [-0.3, -0.25) is 9.59 Å². The van der Waals surface area contributed by atoms with E-state index in [1.54, 1.807) is 6.07 Å². The Balaban J connectivity index is 3.02. The molecule has 0 radical (unpaired) electrons. The number of carbonyl (C=O) groups is 2. The zero-order valence-corrected chi connectivity index (χ0v) is 14.2. The lowest BCUT2D eigenvalue weighted by molar-refractivity contribution is -0.138. The third-order valence-electron chi connectivity index (χ3n) is 3.73. The van der Waals surface area contributed by atoms with Crippen molar-refractivity contribution in [3.05, 3.63) is 32.9 Å². The molecule has 0 heterocycles. The molecule has 5 heteroatoms. The maximum atomic E-state index is 12.4. The Labute approximate surface area is 133 Å². The van der Waals surface area contributed by atoms with Crippen molar-refractivity contribution in [2.45, 2.75) is 45.6 Å². The Morgan fingerprint density at radius 3 is 2.40 bits per heavy atom. The largest absolute Gasteiger partial charge is 0.481 e. The highest BCUT2D eigenvalue weighted by atomic mass is 127. The molecule has 0 atom stereocenters. The second-order valence-corrected chi connectivity index (χ2v) is 6.09. The third-order valence-corrected chi connectivity index (χ3v) is 4.90. The number of amides is 1. The number of hydrogen-bond donors (Lipinski definition) is 2. The average molecular weight is 389 g/mol. The first-order valence-electron chi connectivity index (χ1n) is 6.64. The van der Waals surface area contributed by atoms with E-state index in [4.69, 9.17) is 5.11 Å². The lowest BCUT2D eigenvalue weighted by Gasteiger charge is -2.31. The summed E-state index contributed by atoms with van der Waals surface area (Å²) in [7, 11) is 0. The summed E-state index contributed by atoms with van der Waals surface area (Å²) < 4.78 is 1.02. The monoisotopic (exact) mass is 389 g/mol. The van der Waals surface area contributed by atoms with Crippen molar-refractivity contribution in [1.29, 1.82) is 0 Å². The fourth-order valence-electron chi connectivity index (χ4n) is 2.17. The maximum absolute atomic E-state index is 12.4. The maximum Gasteiger partial charge on any atom is 0.305 e. The van der Waals surface area contributed by atoms with E-state index in [1.807, 2.05) is 32.9 Å². The van der Waals surface area contributed by atoms with E-state index in [2.05, 4.69) is 27.9 Å². The van der Waals surface area contributed by atoms with Gasteiger partial charge in [-0.15, -0.1) is 0 Å². The highest BCUT2D eigenvalue weighted by Crippen LogP contribution is 2.22. The number of nitrogens with one attached hydrogen (secondary N) is 1. The number of halogens is 1. The van der Waals surface area contributed by atoms with Gasteiger partial charge in [-0.25, -0.2) is 0 Å². The smallest absolute Gasteiger partial charge is 0.305 e. The number of aliphatic carboxylic acids is 1. The van der Waals surface area contributed by atoms with Gasteiger partial charge in [0, 0.05) is 9.13 Å². The molecule has 1 aromatic rings. The van der Waals surface area contributed by atoms with Gasteiger partial charge in [0.2, 0.25) is 0 Å². The predicted molar refractivity (Wildman–Crippen MR) is 86.9 cm³/mol. The summed E-state index contributed by atoms with van der Waals surface area (Å²) in [6.07, 6.45) is 1.11. The molecule has 0 bridgehead atoms. The summed E-state index contributed by atoms with van der Waals surface area (Å²) >= 11 is 2.18. The number of carboxylic acids is 1. The van der Waals surface area contributed by atoms with Gasteiger partial charge in [-0.2, -0.15) is 0 Å². The molecule has 0 saturated carbocycles. The van der Waals surface area contributed by atoms with Gasteiger partial charge in [0.1, 0.15) is 0 Å². The number of carbonyl (C=O) groups excluding carboxylic acids is 1. The lowest BCUT2D eigenvalue weighted by Crippen LogP contribution is -2.49. The molecule has 1 aromatic carbocycles. The summed E-state index contributed by atoms with van der Waals surface area (Å²) in [5.74, 6) is -1.10. The van der Waals surface area contributed by atoms with Crippen molar-refractivity contribution in [1.82, 2.24) is 5.32 Å². The highest BCUT2D eigenvalue weighted by Gasteiger charge is 2.31. The second-order valence-electron chi connectivity index (χ2n) is 4.92. The van der Waals surface area contributed by atoms with Crippen LogP contribution >= 0.6 is 22.6 Å². The number of hydrogen-bond acceptors (Lipinski definition) is 2. The van der Waals surface area contributed by atoms with Crippen molar-refractivity contribution >= 4 is 34.5 Å². The molecule has 110 valence electrons. The van der Waals surface area contributed by atoms with E-state index in [0.717, 1.165) is 9.13 Å². The SMILES string of the molecule is CCC(CC)(CC(=O)O)NC(=O)c1cccc(I)c1C. The van der Waals surface area contributed by atoms with Crippen LogP contribution in [-0.2, 0) is 4.79 Å². The fraction of sp³-hybridized carbons (Fsp3) is 0.467. The standard InChI is InChI=1S/C15H20INO3/c1-4-15(5-2,9-13(18)19)17-14(20)11-7-6-8-12(16)10(11)3/h6-8H,4-5,9H2,1-3H3,(H,17,20)(H,18,19). The van der Waals surface area contributed by atoms with Crippen LogP contribution in [-0.4, -0.2) is 22.5 Å². The molecule has 0 spiro atoms. The van der Waals surface area contributed by atoms with Gasteiger partial charge in [0.05, 0.1) is 12.0 Å². The molecule has 0 aliphatic rings. The molecule has 2 N–H and O–H groups in total. The molecule has 4 nitrogen and oxygen atoms in total. The van der Waals surface area contributed by atoms with Gasteiger partial charge in [0.25, 0.3) is 5.91 Å². The molecule has 0 aromatic heterocycles. The summed E-state index contributed by atoms with van der Waals surface area (Å²) in [6, 6.07) is 5.54. The third kappa shape index (κ3) is 3.94. The average Bonchev–Trinajstić information content (AvgIpc) is 2.40. The zero-order valence-electron chi connectivity index (χ0n) is 12.0. The van der Waals surface area contributed by atoms with E-state index >= 15 is 0 Å². The zero-order chi connectivity index (χ0) is 15.3. The lowest BCUT2D eigenvalue weighted by atomic mass is 9.88. The van der Waals surface area contributed by atoms with Crippen LogP contribution in [0.25, 0.3) is 0 Å². The molecule has 20 heavy (non-hydrogen) atoms. The molecule has 1 amide bonds. The van der Waals surface area contributed by atoms with Crippen molar-refractivity contribution in [2.75, 3.05) is 0 Å². The minimum atomic E-state index is -0.895. The Morgan fingerprint density at radius 2 is 1.90 bits per heavy atom. The van der Waals surface area contributed by atoms with Crippen LogP contribution < -0.4 is 5.32 Å². The Kier molecular flexibility index (Phi) is 5.98. The molecular weight excluding hydrogens is 369 g/mol. The summed E-state index contributed by atoms with van der Waals surface area (Å²) in [6.45, 7) is 5.69. The molecule has 1 rings (SSSR count). The van der Waals surface area contributed by atoms with Gasteiger partial charge < -0.3 is 10.4 Å². The molecule has 0 saturated heterocycles.